The highest BCUT2D eigenvalue weighted by atomic mass is 16.4. The Balaban J connectivity index is 1.81. The number of carbonyl (C=O) groups is 2. The molecule has 2 aromatic rings. The lowest BCUT2D eigenvalue weighted by Gasteiger charge is -2.30. The molecule has 3 rings (SSSR count). The summed E-state index contributed by atoms with van der Waals surface area (Å²) in [7, 11) is 0. The lowest BCUT2D eigenvalue weighted by molar-refractivity contribution is -0.143. The second-order valence-electron chi connectivity index (χ2n) is 6.72. The van der Waals surface area contributed by atoms with E-state index in [2.05, 4.69) is 0 Å². The van der Waals surface area contributed by atoms with Gasteiger partial charge < -0.3 is 10.0 Å². The third kappa shape index (κ3) is 4.49. The number of benzene rings is 2. The minimum atomic E-state index is -0.890. The monoisotopic (exact) mass is 352 g/mol. The molecule has 1 aliphatic rings. The molecule has 0 saturated heterocycles. The smallest absolute Gasteiger partial charge is 0.320 e. The minimum absolute atomic E-state index is 0.0833. The highest BCUT2D eigenvalue weighted by Gasteiger charge is 2.37. The lowest BCUT2D eigenvalue weighted by atomic mass is 10.2. The normalized spacial score (nSPS) is 14.8. The Bertz CT molecular complexity index is 744. The molecule has 0 aromatic heterocycles. The summed E-state index contributed by atoms with van der Waals surface area (Å²) >= 11 is 0. The Hall–Kier alpha value is -2.66. The Kier molecular flexibility index (Phi) is 5.68. The highest BCUT2D eigenvalue weighted by Crippen LogP contribution is 2.29. The van der Waals surface area contributed by atoms with E-state index in [0.717, 1.165) is 24.1 Å². The van der Waals surface area contributed by atoms with E-state index in [-0.39, 0.29) is 18.5 Å². The Labute approximate surface area is 153 Å². The summed E-state index contributed by atoms with van der Waals surface area (Å²) in [5, 5.41) is 9.37. The SMILES string of the molecule is CC(C(=O)O)N(CC(=O)N(Cc1ccccc1)c1ccccc1)C1CC1. The molecule has 2 aromatic carbocycles. The van der Waals surface area contributed by atoms with Crippen LogP contribution in [0.1, 0.15) is 25.3 Å². The molecule has 0 spiro atoms. The van der Waals surface area contributed by atoms with Crippen LogP contribution in [0.3, 0.4) is 0 Å². The number of anilines is 1. The van der Waals surface area contributed by atoms with Gasteiger partial charge in [-0.25, -0.2) is 0 Å². The van der Waals surface area contributed by atoms with Gasteiger partial charge in [0.2, 0.25) is 5.91 Å². The summed E-state index contributed by atoms with van der Waals surface area (Å²) in [6.45, 7) is 2.22. The van der Waals surface area contributed by atoms with E-state index >= 15 is 0 Å². The van der Waals surface area contributed by atoms with Crippen LogP contribution in [0.15, 0.2) is 60.7 Å². The number of hydrogen-bond donors (Lipinski definition) is 1. The first-order valence-electron chi connectivity index (χ1n) is 8.94. The number of carboxylic acids is 1. The van der Waals surface area contributed by atoms with Crippen molar-refractivity contribution in [1.29, 1.82) is 0 Å². The molecule has 0 radical (unpaired) electrons. The van der Waals surface area contributed by atoms with Gasteiger partial charge in [0.15, 0.2) is 0 Å². The van der Waals surface area contributed by atoms with E-state index in [1.165, 1.54) is 0 Å². The van der Waals surface area contributed by atoms with Gasteiger partial charge >= 0.3 is 5.97 Å². The molecule has 1 amide bonds. The van der Waals surface area contributed by atoms with E-state index in [1.54, 1.807) is 11.8 Å². The Morgan fingerprint density at radius 2 is 1.62 bits per heavy atom. The fourth-order valence-electron chi connectivity index (χ4n) is 3.07. The molecule has 1 N–H and O–H groups in total. The van der Waals surface area contributed by atoms with Crippen molar-refractivity contribution in [2.24, 2.45) is 0 Å². The summed E-state index contributed by atoms with van der Waals surface area (Å²) in [4.78, 5) is 28.1. The van der Waals surface area contributed by atoms with Crippen LogP contribution in [0, 0.1) is 0 Å². The first kappa shape index (κ1) is 18.1. The summed E-state index contributed by atoms with van der Waals surface area (Å²) in [5.74, 6) is -0.973. The molecule has 1 fully saturated rings. The lowest BCUT2D eigenvalue weighted by Crippen LogP contribution is -2.47. The van der Waals surface area contributed by atoms with Gasteiger partial charge in [-0.05, 0) is 37.5 Å². The van der Waals surface area contributed by atoms with Crippen molar-refractivity contribution < 1.29 is 14.7 Å². The molecule has 0 aliphatic heterocycles. The van der Waals surface area contributed by atoms with E-state index in [1.807, 2.05) is 65.6 Å². The van der Waals surface area contributed by atoms with Crippen molar-refractivity contribution in [2.75, 3.05) is 11.4 Å². The molecular weight excluding hydrogens is 328 g/mol. The van der Waals surface area contributed by atoms with Crippen molar-refractivity contribution in [1.82, 2.24) is 4.90 Å². The molecule has 5 nitrogen and oxygen atoms in total. The van der Waals surface area contributed by atoms with Gasteiger partial charge in [-0.1, -0.05) is 48.5 Å². The minimum Gasteiger partial charge on any atom is -0.480 e. The van der Waals surface area contributed by atoms with E-state index in [4.69, 9.17) is 0 Å². The second-order valence-corrected chi connectivity index (χ2v) is 6.72. The number of carboxylic acid groups (broad SMARTS) is 1. The zero-order chi connectivity index (χ0) is 18.5. The first-order valence-corrected chi connectivity index (χ1v) is 8.94. The van der Waals surface area contributed by atoms with E-state index in [9.17, 15) is 14.7 Å². The largest absolute Gasteiger partial charge is 0.480 e. The number of aliphatic carboxylic acids is 1. The fraction of sp³-hybridized carbons (Fsp3) is 0.333. The van der Waals surface area contributed by atoms with Crippen LogP contribution in [0.25, 0.3) is 0 Å². The standard InChI is InChI=1S/C21H24N2O3/c1-16(21(25)26)22(19-12-13-19)15-20(24)23(18-10-6-3-7-11-18)14-17-8-4-2-5-9-17/h2-11,16,19H,12-15H2,1H3,(H,25,26). The molecular formula is C21H24N2O3. The van der Waals surface area contributed by atoms with Gasteiger partial charge in [0.05, 0.1) is 13.1 Å². The van der Waals surface area contributed by atoms with E-state index in [0.29, 0.717) is 6.54 Å². The zero-order valence-corrected chi connectivity index (χ0v) is 14.9. The van der Waals surface area contributed by atoms with Gasteiger partial charge in [0.1, 0.15) is 6.04 Å². The van der Waals surface area contributed by atoms with E-state index < -0.39 is 12.0 Å². The van der Waals surface area contributed by atoms with Crippen LogP contribution in [0.2, 0.25) is 0 Å². The maximum absolute atomic E-state index is 13.1. The third-order valence-corrected chi connectivity index (χ3v) is 4.74. The van der Waals surface area contributed by atoms with Crippen LogP contribution in [-0.2, 0) is 16.1 Å². The van der Waals surface area contributed by atoms with Gasteiger partial charge in [-0.2, -0.15) is 0 Å². The molecule has 1 atom stereocenters. The highest BCUT2D eigenvalue weighted by molar-refractivity contribution is 5.95. The maximum atomic E-state index is 13.1. The average Bonchev–Trinajstić information content (AvgIpc) is 3.50. The van der Waals surface area contributed by atoms with Crippen LogP contribution >= 0.6 is 0 Å². The maximum Gasteiger partial charge on any atom is 0.320 e. The first-order chi connectivity index (χ1) is 12.6. The summed E-state index contributed by atoms with van der Waals surface area (Å²) in [5.41, 5.74) is 1.86. The predicted molar refractivity (Wildman–Crippen MR) is 101 cm³/mol. The van der Waals surface area contributed by atoms with Crippen LogP contribution < -0.4 is 4.90 Å². The molecule has 0 heterocycles. The molecule has 26 heavy (non-hydrogen) atoms. The van der Waals surface area contributed by atoms with Crippen LogP contribution in [0.5, 0.6) is 0 Å². The number of rotatable bonds is 8. The van der Waals surface area contributed by atoms with Crippen LogP contribution in [0.4, 0.5) is 5.69 Å². The third-order valence-electron chi connectivity index (χ3n) is 4.74. The summed E-state index contributed by atoms with van der Waals surface area (Å²) in [6, 6.07) is 18.9. The molecule has 1 aliphatic carbocycles. The Morgan fingerprint density at radius 3 is 2.15 bits per heavy atom. The Morgan fingerprint density at radius 1 is 1.04 bits per heavy atom. The summed E-state index contributed by atoms with van der Waals surface area (Å²) in [6.07, 6.45) is 1.91. The van der Waals surface area contributed by atoms with Gasteiger partial charge in [0.25, 0.3) is 0 Å². The number of carbonyl (C=O) groups excluding carboxylic acids is 1. The fourth-order valence-corrected chi connectivity index (χ4v) is 3.07. The molecule has 1 saturated carbocycles. The van der Waals surface area contributed by atoms with Crippen molar-refractivity contribution in [3.8, 4) is 0 Å². The van der Waals surface area contributed by atoms with Crippen LogP contribution in [-0.4, -0.2) is 40.5 Å². The van der Waals surface area contributed by atoms with Crippen molar-refractivity contribution in [3.63, 3.8) is 0 Å². The van der Waals surface area contributed by atoms with Gasteiger partial charge in [-0.3, -0.25) is 14.5 Å². The molecule has 1 unspecified atom stereocenters. The molecule has 136 valence electrons. The molecule has 0 bridgehead atoms. The number of amides is 1. The van der Waals surface area contributed by atoms with Gasteiger partial charge in [-0.15, -0.1) is 0 Å². The van der Waals surface area contributed by atoms with Gasteiger partial charge in [0, 0.05) is 11.7 Å². The van der Waals surface area contributed by atoms with Crippen molar-refractivity contribution >= 4 is 17.6 Å². The summed E-state index contributed by atoms with van der Waals surface area (Å²) < 4.78 is 0. The predicted octanol–water partition coefficient (Wildman–Crippen LogP) is 3.16. The topological polar surface area (TPSA) is 60.9 Å². The number of hydrogen-bond acceptors (Lipinski definition) is 3. The van der Waals surface area contributed by atoms with Crippen molar-refractivity contribution in [3.05, 3.63) is 66.2 Å². The number of para-hydroxylation sites is 1. The quantitative estimate of drug-likeness (QED) is 0.793. The second kappa shape index (κ2) is 8.15. The zero-order valence-electron chi connectivity index (χ0n) is 14.9. The molecule has 5 heteroatoms. The average molecular weight is 352 g/mol. The van der Waals surface area contributed by atoms with Crippen molar-refractivity contribution in [2.45, 2.75) is 38.4 Å². The number of nitrogens with zero attached hydrogens (tertiary/aromatic N) is 2.